The fourth-order valence-electron chi connectivity index (χ4n) is 2.08. The van der Waals surface area contributed by atoms with Crippen LogP contribution in [0.2, 0.25) is 5.02 Å². The van der Waals surface area contributed by atoms with Gasteiger partial charge in [-0.3, -0.25) is 9.59 Å². The van der Waals surface area contributed by atoms with E-state index >= 15 is 0 Å². The lowest BCUT2D eigenvalue weighted by Gasteiger charge is -2.09. The van der Waals surface area contributed by atoms with E-state index in [2.05, 4.69) is 15.8 Å². The minimum absolute atomic E-state index is 0.00695. The van der Waals surface area contributed by atoms with Gasteiger partial charge in [0.1, 0.15) is 5.75 Å². The lowest BCUT2D eigenvalue weighted by molar-refractivity contribution is -0.115. The maximum absolute atomic E-state index is 12.1. The van der Waals surface area contributed by atoms with Crippen molar-refractivity contribution >= 4 is 34.8 Å². The largest absolute Gasteiger partial charge is 0.507 e. The van der Waals surface area contributed by atoms with E-state index in [1.54, 1.807) is 37.3 Å². The highest BCUT2D eigenvalue weighted by molar-refractivity contribution is 6.31. The predicted octanol–water partition coefficient (Wildman–Crippen LogP) is 3.49. The Morgan fingerprint density at radius 2 is 1.88 bits per heavy atom. The molecule has 2 aromatic rings. The van der Waals surface area contributed by atoms with Gasteiger partial charge >= 0.3 is 0 Å². The minimum Gasteiger partial charge on any atom is -0.507 e. The van der Waals surface area contributed by atoms with Crippen LogP contribution in [0.3, 0.4) is 0 Å². The molecular formula is C18H18ClN3O3. The van der Waals surface area contributed by atoms with Crippen molar-refractivity contribution in [3.63, 3.8) is 0 Å². The van der Waals surface area contributed by atoms with Crippen LogP contribution in [-0.4, -0.2) is 22.6 Å². The molecule has 0 fully saturated rings. The first-order valence-corrected chi connectivity index (χ1v) is 7.92. The molecule has 7 heteroatoms. The van der Waals surface area contributed by atoms with Gasteiger partial charge in [-0.05, 0) is 43.7 Å². The van der Waals surface area contributed by atoms with Crippen molar-refractivity contribution in [1.29, 1.82) is 0 Å². The molecule has 2 amide bonds. The third kappa shape index (κ3) is 5.06. The molecule has 0 unspecified atom stereocenters. The van der Waals surface area contributed by atoms with Crippen LogP contribution in [-0.2, 0) is 4.79 Å². The van der Waals surface area contributed by atoms with Gasteiger partial charge in [-0.2, -0.15) is 5.10 Å². The molecule has 0 saturated carbocycles. The van der Waals surface area contributed by atoms with Gasteiger partial charge < -0.3 is 10.4 Å². The maximum Gasteiger partial charge on any atom is 0.275 e. The number of hydrazone groups is 1. The fourth-order valence-corrected chi connectivity index (χ4v) is 2.26. The van der Waals surface area contributed by atoms with E-state index in [4.69, 9.17) is 11.6 Å². The Balaban J connectivity index is 1.94. The summed E-state index contributed by atoms with van der Waals surface area (Å²) in [5.74, 6) is -0.964. The Morgan fingerprint density at radius 3 is 2.60 bits per heavy atom. The maximum atomic E-state index is 12.1. The second kappa shape index (κ2) is 8.30. The van der Waals surface area contributed by atoms with E-state index in [0.29, 0.717) is 16.4 Å². The number of rotatable bonds is 5. The number of carbonyl (C=O) groups excluding carboxylic acids is 2. The zero-order valence-electron chi connectivity index (χ0n) is 13.8. The van der Waals surface area contributed by atoms with E-state index in [1.165, 1.54) is 12.1 Å². The van der Waals surface area contributed by atoms with Crippen molar-refractivity contribution < 1.29 is 14.7 Å². The van der Waals surface area contributed by atoms with Gasteiger partial charge in [-0.15, -0.1) is 0 Å². The number of carbonyl (C=O) groups is 2. The molecule has 3 N–H and O–H groups in total. The first-order chi connectivity index (χ1) is 11.9. The summed E-state index contributed by atoms with van der Waals surface area (Å²) in [4.78, 5) is 24.0. The third-order valence-electron chi connectivity index (χ3n) is 3.46. The van der Waals surface area contributed by atoms with Crippen molar-refractivity contribution in [2.45, 2.75) is 20.3 Å². The molecule has 0 radical (unpaired) electrons. The number of amides is 2. The van der Waals surface area contributed by atoms with Gasteiger partial charge in [0, 0.05) is 16.4 Å². The predicted molar refractivity (Wildman–Crippen MR) is 98.1 cm³/mol. The number of hydrogen-bond donors (Lipinski definition) is 3. The van der Waals surface area contributed by atoms with Crippen molar-refractivity contribution in [2.75, 3.05) is 5.32 Å². The van der Waals surface area contributed by atoms with E-state index < -0.39 is 5.91 Å². The van der Waals surface area contributed by atoms with Gasteiger partial charge in [0.15, 0.2) is 0 Å². The first-order valence-electron chi connectivity index (χ1n) is 7.55. The molecule has 0 bridgehead atoms. The smallest absolute Gasteiger partial charge is 0.275 e. The molecule has 0 aliphatic heterocycles. The highest BCUT2D eigenvalue weighted by Crippen LogP contribution is 2.23. The van der Waals surface area contributed by atoms with Crippen LogP contribution in [0.5, 0.6) is 5.75 Å². The highest BCUT2D eigenvalue weighted by Gasteiger charge is 2.11. The molecule has 0 heterocycles. The molecule has 2 aromatic carbocycles. The van der Waals surface area contributed by atoms with Crippen LogP contribution in [0, 0.1) is 6.92 Å². The molecule has 130 valence electrons. The number of halogens is 1. The minimum atomic E-state index is -0.552. The van der Waals surface area contributed by atoms with E-state index in [0.717, 1.165) is 5.56 Å². The molecule has 0 saturated heterocycles. The molecule has 6 nitrogen and oxygen atoms in total. The quantitative estimate of drug-likeness (QED) is 0.563. The van der Waals surface area contributed by atoms with E-state index in [1.807, 2.05) is 6.92 Å². The Labute approximate surface area is 150 Å². The average molecular weight is 360 g/mol. The Kier molecular flexibility index (Phi) is 6.14. The van der Waals surface area contributed by atoms with Gasteiger partial charge in [0.2, 0.25) is 5.91 Å². The SMILES string of the molecule is C/C(CC(=O)Nc1cccc(Cl)c1C)=N\NC(=O)c1ccccc1O. The summed E-state index contributed by atoms with van der Waals surface area (Å²) in [5.41, 5.74) is 4.25. The number of nitrogens with one attached hydrogen (secondary N) is 2. The Morgan fingerprint density at radius 1 is 1.16 bits per heavy atom. The van der Waals surface area contributed by atoms with Crippen molar-refractivity contribution in [2.24, 2.45) is 5.10 Å². The number of phenolic OH excluding ortho intramolecular Hbond substituents is 1. The fraction of sp³-hybridized carbons (Fsp3) is 0.167. The molecule has 0 atom stereocenters. The second-order valence-corrected chi connectivity index (χ2v) is 5.85. The normalized spacial score (nSPS) is 11.1. The van der Waals surface area contributed by atoms with Crippen LogP contribution in [0.25, 0.3) is 0 Å². The lowest BCUT2D eigenvalue weighted by Crippen LogP contribution is -2.21. The van der Waals surface area contributed by atoms with Crippen LogP contribution >= 0.6 is 11.6 Å². The topological polar surface area (TPSA) is 90.8 Å². The average Bonchev–Trinajstić information content (AvgIpc) is 2.57. The Bertz CT molecular complexity index is 834. The number of para-hydroxylation sites is 1. The second-order valence-electron chi connectivity index (χ2n) is 5.44. The molecule has 0 aliphatic carbocycles. The number of phenols is 1. The molecule has 0 aliphatic rings. The van der Waals surface area contributed by atoms with Crippen molar-refractivity contribution in [3.8, 4) is 5.75 Å². The van der Waals surface area contributed by atoms with Gasteiger partial charge in [0.25, 0.3) is 5.91 Å². The number of anilines is 1. The van der Waals surface area contributed by atoms with Gasteiger partial charge in [-0.25, -0.2) is 5.43 Å². The van der Waals surface area contributed by atoms with Gasteiger partial charge in [-0.1, -0.05) is 29.8 Å². The lowest BCUT2D eigenvalue weighted by atomic mass is 10.2. The summed E-state index contributed by atoms with van der Waals surface area (Å²) < 4.78 is 0. The van der Waals surface area contributed by atoms with E-state index in [9.17, 15) is 14.7 Å². The standard InChI is InChI=1S/C18H18ClN3O3/c1-11(21-22-18(25)13-6-3-4-9-16(13)23)10-17(24)20-15-8-5-7-14(19)12(15)2/h3-9,23H,10H2,1-2H3,(H,20,24)(H,22,25)/b21-11+. The summed E-state index contributed by atoms with van der Waals surface area (Å²) in [6.45, 7) is 3.43. The molecule has 0 spiro atoms. The zero-order valence-corrected chi connectivity index (χ0v) is 14.6. The van der Waals surface area contributed by atoms with Crippen molar-refractivity contribution in [1.82, 2.24) is 5.43 Å². The molecule has 25 heavy (non-hydrogen) atoms. The van der Waals surface area contributed by atoms with Crippen LogP contribution in [0.15, 0.2) is 47.6 Å². The van der Waals surface area contributed by atoms with Crippen LogP contribution < -0.4 is 10.7 Å². The third-order valence-corrected chi connectivity index (χ3v) is 3.86. The van der Waals surface area contributed by atoms with E-state index in [-0.39, 0.29) is 23.6 Å². The van der Waals surface area contributed by atoms with Crippen LogP contribution in [0.1, 0.15) is 29.3 Å². The molecule has 2 rings (SSSR count). The zero-order chi connectivity index (χ0) is 18.4. The molecule has 0 aromatic heterocycles. The van der Waals surface area contributed by atoms with Crippen LogP contribution in [0.4, 0.5) is 5.69 Å². The first kappa shape index (κ1) is 18.5. The summed E-state index contributed by atoms with van der Waals surface area (Å²) in [5, 5.41) is 16.8. The number of nitrogens with zero attached hydrogens (tertiary/aromatic N) is 1. The number of hydrogen-bond acceptors (Lipinski definition) is 4. The summed E-state index contributed by atoms with van der Waals surface area (Å²) in [7, 11) is 0. The summed E-state index contributed by atoms with van der Waals surface area (Å²) >= 11 is 6.02. The Hall–Kier alpha value is -2.86. The highest BCUT2D eigenvalue weighted by atomic mass is 35.5. The molecular weight excluding hydrogens is 342 g/mol. The summed E-state index contributed by atoms with van der Waals surface area (Å²) in [6, 6.07) is 11.4. The number of aromatic hydroxyl groups is 1. The monoisotopic (exact) mass is 359 g/mol. The number of benzene rings is 2. The van der Waals surface area contributed by atoms with Gasteiger partial charge in [0.05, 0.1) is 12.0 Å². The van der Waals surface area contributed by atoms with Crippen molar-refractivity contribution in [3.05, 3.63) is 58.6 Å². The summed E-state index contributed by atoms with van der Waals surface area (Å²) in [6.07, 6.45) is 0.00695.